The van der Waals surface area contributed by atoms with Crippen LogP contribution in [0.5, 0.6) is 0 Å². The monoisotopic (exact) mass is 528 g/mol. The number of hydrogen-bond acceptors (Lipinski definition) is 5. The average molecular weight is 529 g/mol. The van der Waals surface area contributed by atoms with E-state index >= 15 is 0 Å². The van der Waals surface area contributed by atoms with Crippen molar-refractivity contribution in [2.45, 2.75) is 25.6 Å². The Morgan fingerprint density at radius 2 is 1.88 bits per heavy atom. The zero-order valence-corrected chi connectivity index (χ0v) is 22.0. The molecule has 1 heterocycles. The number of anilines is 1. The molecule has 7 heteroatoms. The van der Waals surface area contributed by atoms with Gasteiger partial charge in [0.2, 0.25) is 0 Å². The molecule has 0 aromatic heterocycles. The second-order valence-electron chi connectivity index (χ2n) is 7.72. The van der Waals surface area contributed by atoms with Gasteiger partial charge in [0.1, 0.15) is 0 Å². The van der Waals surface area contributed by atoms with E-state index in [1.165, 1.54) is 16.1 Å². The van der Waals surface area contributed by atoms with Gasteiger partial charge in [0, 0.05) is 0 Å². The Hall–Kier alpha value is -3.26. The van der Waals surface area contributed by atoms with Crippen LogP contribution < -0.4 is 9.67 Å². The molecule has 1 amide bonds. The van der Waals surface area contributed by atoms with Gasteiger partial charge in [-0.25, -0.2) is 0 Å². The number of para-hydroxylation sites is 1. The number of nitrogens with one attached hydrogen (secondary N) is 1. The molecule has 1 aliphatic rings. The van der Waals surface area contributed by atoms with Crippen LogP contribution >= 0.6 is 11.8 Å². The molecular weight excluding hydrogens is 503 g/mol. The summed E-state index contributed by atoms with van der Waals surface area (Å²) in [5.41, 5.74) is 4.46. The summed E-state index contributed by atoms with van der Waals surface area (Å²) in [5.74, 6) is -0.0850. The predicted octanol–water partition coefficient (Wildman–Crippen LogP) is 5.08. The maximum absolute atomic E-state index is 13.4. The van der Waals surface area contributed by atoms with Crippen LogP contribution in [0.4, 0.5) is 11.4 Å². The molecule has 3 aromatic carbocycles. The number of benzene rings is 3. The maximum atomic E-state index is 13.4. The summed E-state index contributed by atoms with van der Waals surface area (Å²) >= 11 is 1.00. The first-order chi connectivity index (χ1) is 16.6. The van der Waals surface area contributed by atoms with E-state index in [2.05, 4.69) is 18.3 Å². The van der Waals surface area contributed by atoms with E-state index < -0.39 is 0 Å². The number of carbonyl (C=O) groups is 1. The quantitative estimate of drug-likeness (QED) is 0.343. The fourth-order valence-corrected chi connectivity index (χ4v) is 6.30. The van der Waals surface area contributed by atoms with Crippen molar-refractivity contribution < 1.29 is 4.79 Å². The van der Waals surface area contributed by atoms with Crippen molar-refractivity contribution in [3.8, 4) is 6.07 Å². The summed E-state index contributed by atoms with van der Waals surface area (Å²) < 4.78 is 1.19. The van der Waals surface area contributed by atoms with Crippen molar-refractivity contribution in [1.29, 1.82) is 5.26 Å². The number of amides is 1. The normalized spacial score (nSPS) is 16.0. The van der Waals surface area contributed by atoms with Crippen LogP contribution in [-0.4, -0.2) is 31.7 Å². The Morgan fingerprint density at radius 3 is 2.62 bits per heavy atom. The Balaban J connectivity index is 1.71. The standard InChI is InChI=1S/C27H25AsN4OS/c1-3-28-22-14-13-21(16-29)15-24(22)31-27-32(18-20-10-5-4-6-11-20)26(33)25(34-27)17-30-23-12-8-7-9-19(23)2/h4-15,17,28,30H,3,18H2,1-2H3/b25-17+,31-27-. The van der Waals surface area contributed by atoms with Gasteiger partial charge in [-0.05, 0) is 0 Å². The van der Waals surface area contributed by atoms with E-state index in [4.69, 9.17) is 4.99 Å². The fourth-order valence-electron chi connectivity index (χ4n) is 3.51. The summed E-state index contributed by atoms with van der Waals surface area (Å²) in [6, 6.07) is 25.8. The molecule has 1 saturated heterocycles. The van der Waals surface area contributed by atoms with Crippen LogP contribution in [-0.2, 0) is 11.3 Å². The molecule has 0 bridgehead atoms. The van der Waals surface area contributed by atoms with E-state index in [9.17, 15) is 10.1 Å². The zero-order valence-electron chi connectivity index (χ0n) is 19.1. The first-order valence-electron chi connectivity index (χ1n) is 11.0. The molecule has 1 atom stereocenters. The first-order valence-corrected chi connectivity index (χ1v) is 14.4. The summed E-state index contributed by atoms with van der Waals surface area (Å²) in [6.07, 6.45) is 1.77. The van der Waals surface area contributed by atoms with Crippen molar-refractivity contribution in [3.63, 3.8) is 0 Å². The van der Waals surface area contributed by atoms with Crippen molar-refractivity contribution in [2.75, 3.05) is 5.32 Å². The molecule has 0 radical (unpaired) electrons. The van der Waals surface area contributed by atoms with E-state index in [0.29, 0.717) is 22.2 Å². The fraction of sp³-hybridized carbons (Fsp3) is 0.148. The SMILES string of the molecule is CC[AsH]c1ccc(C#N)cc1/N=C1\S/C(=C/Nc2ccccc2C)C(=O)N1Cc1ccccc1. The molecule has 0 aliphatic carbocycles. The van der Waals surface area contributed by atoms with Gasteiger partial charge in [0.25, 0.3) is 0 Å². The molecule has 34 heavy (non-hydrogen) atoms. The average Bonchev–Trinajstić information content (AvgIpc) is 3.14. The van der Waals surface area contributed by atoms with Crippen molar-refractivity contribution in [2.24, 2.45) is 4.99 Å². The molecule has 0 saturated carbocycles. The van der Waals surface area contributed by atoms with E-state index in [1.807, 2.05) is 79.7 Å². The molecule has 0 spiro atoms. The van der Waals surface area contributed by atoms with Crippen LogP contribution in [0.1, 0.15) is 23.6 Å². The van der Waals surface area contributed by atoms with Gasteiger partial charge in [0.05, 0.1) is 0 Å². The second-order valence-corrected chi connectivity index (χ2v) is 12.1. The van der Waals surface area contributed by atoms with Crippen LogP contribution in [0.25, 0.3) is 0 Å². The van der Waals surface area contributed by atoms with Crippen molar-refractivity contribution in [3.05, 3.63) is 101 Å². The number of hydrogen-bond donors (Lipinski definition) is 1. The number of thioether (sulfide) groups is 1. The van der Waals surface area contributed by atoms with Crippen LogP contribution in [0.15, 0.2) is 88.9 Å². The number of nitrogens with zero attached hydrogens (tertiary/aromatic N) is 3. The van der Waals surface area contributed by atoms with Gasteiger partial charge >= 0.3 is 212 Å². The zero-order chi connectivity index (χ0) is 23.9. The third-order valence-corrected chi connectivity index (χ3v) is 8.72. The second kappa shape index (κ2) is 11.2. The van der Waals surface area contributed by atoms with Crippen molar-refractivity contribution >= 4 is 54.3 Å². The third kappa shape index (κ3) is 5.62. The Kier molecular flexibility index (Phi) is 7.90. The number of aliphatic imine (C=N–C) groups is 1. The van der Waals surface area contributed by atoms with Gasteiger partial charge in [-0.2, -0.15) is 0 Å². The molecule has 1 aliphatic heterocycles. The Morgan fingerprint density at radius 1 is 1.12 bits per heavy atom. The molecule has 3 aromatic rings. The predicted molar refractivity (Wildman–Crippen MR) is 143 cm³/mol. The van der Waals surface area contributed by atoms with Gasteiger partial charge in [-0.1, -0.05) is 0 Å². The Labute approximate surface area is 211 Å². The summed E-state index contributed by atoms with van der Waals surface area (Å²) in [6.45, 7) is 4.63. The molecular formula is C27H25AsN4OS. The number of carbonyl (C=O) groups excluding carboxylic acids is 1. The van der Waals surface area contributed by atoms with Crippen LogP contribution in [0.2, 0.25) is 5.21 Å². The topological polar surface area (TPSA) is 68.5 Å². The first kappa shape index (κ1) is 23.9. The molecule has 5 nitrogen and oxygen atoms in total. The number of nitriles is 1. The van der Waals surface area contributed by atoms with Crippen LogP contribution in [0.3, 0.4) is 0 Å². The van der Waals surface area contributed by atoms with Gasteiger partial charge in [-0.3, -0.25) is 0 Å². The number of aryl methyl sites for hydroxylation is 1. The summed E-state index contributed by atoms with van der Waals surface area (Å²) in [4.78, 5) is 20.7. The number of amidine groups is 1. The van der Waals surface area contributed by atoms with Crippen molar-refractivity contribution in [1.82, 2.24) is 4.90 Å². The molecule has 4 rings (SSSR count). The molecule has 1 N–H and O–H groups in total. The van der Waals surface area contributed by atoms with Crippen LogP contribution in [0, 0.1) is 18.3 Å². The van der Waals surface area contributed by atoms with E-state index in [-0.39, 0.29) is 21.7 Å². The van der Waals surface area contributed by atoms with E-state index in [0.717, 1.165) is 27.7 Å². The number of rotatable bonds is 7. The summed E-state index contributed by atoms with van der Waals surface area (Å²) in [7, 11) is 0. The minimum atomic E-state index is -0.362. The molecule has 170 valence electrons. The summed E-state index contributed by atoms with van der Waals surface area (Å²) in [5, 5.41) is 14.4. The molecule has 1 unspecified atom stereocenters. The van der Waals surface area contributed by atoms with Gasteiger partial charge < -0.3 is 0 Å². The Bertz CT molecular complexity index is 1300. The van der Waals surface area contributed by atoms with E-state index in [1.54, 1.807) is 11.1 Å². The van der Waals surface area contributed by atoms with Gasteiger partial charge in [-0.15, -0.1) is 0 Å². The molecule has 1 fully saturated rings. The minimum absolute atomic E-state index is 0.0850. The third-order valence-electron chi connectivity index (χ3n) is 5.29. The van der Waals surface area contributed by atoms with Gasteiger partial charge in [0.15, 0.2) is 0 Å².